The molecule has 1 aromatic heterocycles. The van der Waals surface area contributed by atoms with Crippen molar-refractivity contribution in [2.75, 3.05) is 25.6 Å². The van der Waals surface area contributed by atoms with Crippen molar-refractivity contribution in [3.8, 4) is 11.4 Å². The molecular weight excluding hydrogens is 354 g/mol. The van der Waals surface area contributed by atoms with Gasteiger partial charge in [-0.2, -0.15) is 5.10 Å². The van der Waals surface area contributed by atoms with Crippen molar-refractivity contribution in [3.63, 3.8) is 0 Å². The van der Waals surface area contributed by atoms with E-state index >= 15 is 0 Å². The Labute approximate surface area is 154 Å². The summed E-state index contributed by atoms with van der Waals surface area (Å²) < 4.78 is 39.7. The van der Waals surface area contributed by atoms with E-state index in [0.717, 1.165) is 17.1 Å². The second kappa shape index (κ2) is 8.20. The van der Waals surface area contributed by atoms with Gasteiger partial charge in [0.2, 0.25) is 10.0 Å². The van der Waals surface area contributed by atoms with Crippen molar-refractivity contribution >= 4 is 10.0 Å². The van der Waals surface area contributed by atoms with Crippen LogP contribution in [0.5, 0.6) is 5.75 Å². The van der Waals surface area contributed by atoms with E-state index in [0.29, 0.717) is 26.2 Å². The standard InChI is InChI=1S/C18H25N3O4S/c1-3-26(22,23)20-18-9-11-24-12-15(18)13-25-17-6-4-16(5-7-17)21-14(2)8-10-19-21/h4-8,10,15,18,20H,3,9,11-13H2,1-2H3/t15-,18+/m1/s1. The first-order valence-corrected chi connectivity index (χ1v) is 10.5. The molecule has 2 heterocycles. The van der Waals surface area contributed by atoms with E-state index in [9.17, 15) is 8.42 Å². The Balaban J connectivity index is 1.61. The topological polar surface area (TPSA) is 82.5 Å². The minimum atomic E-state index is -3.24. The summed E-state index contributed by atoms with van der Waals surface area (Å²) in [4.78, 5) is 0. The van der Waals surface area contributed by atoms with Gasteiger partial charge in [0.05, 0.1) is 24.7 Å². The molecule has 0 aliphatic carbocycles. The smallest absolute Gasteiger partial charge is 0.211 e. The largest absolute Gasteiger partial charge is 0.493 e. The van der Waals surface area contributed by atoms with Gasteiger partial charge < -0.3 is 9.47 Å². The maximum absolute atomic E-state index is 11.9. The Bertz CT molecular complexity index is 817. The van der Waals surface area contributed by atoms with Crippen LogP contribution in [0.15, 0.2) is 36.5 Å². The zero-order valence-corrected chi connectivity index (χ0v) is 15.9. The highest BCUT2D eigenvalue weighted by Crippen LogP contribution is 2.20. The van der Waals surface area contributed by atoms with E-state index < -0.39 is 10.0 Å². The normalized spacial score (nSPS) is 20.8. The number of sulfonamides is 1. The second-order valence-corrected chi connectivity index (χ2v) is 8.48. The van der Waals surface area contributed by atoms with Crippen LogP contribution in [0.25, 0.3) is 5.69 Å². The Morgan fingerprint density at radius 1 is 1.31 bits per heavy atom. The molecule has 0 unspecified atom stereocenters. The number of nitrogens with zero attached hydrogens (tertiary/aromatic N) is 2. The lowest BCUT2D eigenvalue weighted by Gasteiger charge is -2.31. The summed E-state index contributed by atoms with van der Waals surface area (Å²) in [5, 5.41) is 4.28. The molecule has 8 heteroatoms. The predicted octanol–water partition coefficient (Wildman–Crippen LogP) is 1.90. The lowest BCUT2D eigenvalue weighted by Crippen LogP contribution is -2.47. The molecule has 26 heavy (non-hydrogen) atoms. The maximum atomic E-state index is 11.9. The molecule has 1 aromatic carbocycles. The van der Waals surface area contributed by atoms with Crippen LogP contribution in [-0.2, 0) is 14.8 Å². The van der Waals surface area contributed by atoms with Gasteiger partial charge in [0.25, 0.3) is 0 Å². The summed E-state index contributed by atoms with van der Waals surface area (Å²) in [6.07, 6.45) is 2.42. The lowest BCUT2D eigenvalue weighted by molar-refractivity contribution is 0.0186. The van der Waals surface area contributed by atoms with E-state index in [4.69, 9.17) is 9.47 Å². The third-order valence-electron chi connectivity index (χ3n) is 4.56. The van der Waals surface area contributed by atoms with Crippen molar-refractivity contribution in [3.05, 3.63) is 42.2 Å². The minimum Gasteiger partial charge on any atom is -0.493 e. The SMILES string of the molecule is CCS(=O)(=O)N[C@H]1CCOC[C@@H]1COc1ccc(-n2nccc2C)cc1. The van der Waals surface area contributed by atoms with Gasteiger partial charge in [0.1, 0.15) is 5.75 Å². The zero-order chi connectivity index (χ0) is 18.6. The zero-order valence-electron chi connectivity index (χ0n) is 15.1. The van der Waals surface area contributed by atoms with Crippen LogP contribution < -0.4 is 9.46 Å². The molecule has 1 fully saturated rings. The Morgan fingerprint density at radius 2 is 2.08 bits per heavy atom. The van der Waals surface area contributed by atoms with Crippen LogP contribution in [0.4, 0.5) is 0 Å². The molecule has 7 nitrogen and oxygen atoms in total. The molecule has 1 aliphatic rings. The van der Waals surface area contributed by atoms with Crippen molar-refractivity contribution in [2.24, 2.45) is 5.92 Å². The molecule has 0 amide bonds. The van der Waals surface area contributed by atoms with Gasteiger partial charge in [-0.15, -0.1) is 0 Å². The van der Waals surface area contributed by atoms with Crippen LogP contribution in [-0.4, -0.2) is 49.8 Å². The summed E-state index contributed by atoms with van der Waals surface area (Å²) in [5.41, 5.74) is 2.03. The quantitative estimate of drug-likeness (QED) is 0.795. The fourth-order valence-electron chi connectivity index (χ4n) is 2.96. The van der Waals surface area contributed by atoms with Gasteiger partial charge in [-0.1, -0.05) is 0 Å². The predicted molar refractivity (Wildman–Crippen MR) is 99.1 cm³/mol. The first kappa shape index (κ1) is 18.9. The number of ether oxygens (including phenoxy) is 2. The summed E-state index contributed by atoms with van der Waals surface area (Å²) in [6, 6.07) is 9.48. The summed E-state index contributed by atoms with van der Waals surface area (Å²) in [7, 11) is -3.24. The van der Waals surface area contributed by atoms with E-state index in [1.807, 2.05) is 41.9 Å². The van der Waals surface area contributed by atoms with Crippen molar-refractivity contribution in [1.29, 1.82) is 0 Å². The van der Waals surface area contributed by atoms with Gasteiger partial charge in [0.15, 0.2) is 0 Å². The monoisotopic (exact) mass is 379 g/mol. The first-order chi connectivity index (χ1) is 12.5. The Morgan fingerprint density at radius 3 is 2.73 bits per heavy atom. The molecule has 0 spiro atoms. The molecule has 0 saturated carbocycles. The van der Waals surface area contributed by atoms with Crippen LogP contribution in [0, 0.1) is 12.8 Å². The fraction of sp³-hybridized carbons (Fsp3) is 0.500. The van der Waals surface area contributed by atoms with Crippen LogP contribution in [0.2, 0.25) is 0 Å². The number of rotatable bonds is 7. The van der Waals surface area contributed by atoms with Crippen LogP contribution in [0.3, 0.4) is 0 Å². The van der Waals surface area contributed by atoms with Gasteiger partial charge in [-0.25, -0.2) is 17.8 Å². The highest BCUT2D eigenvalue weighted by atomic mass is 32.2. The van der Waals surface area contributed by atoms with E-state index in [2.05, 4.69) is 9.82 Å². The first-order valence-electron chi connectivity index (χ1n) is 8.80. The van der Waals surface area contributed by atoms with Gasteiger partial charge in [-0.3, -0.25) is 0 Å². The number of hydrogen-bond acceptors (Lipinski definition) is 5. The van der Waals surface area contributed by atoms with Crippen molar-refractivity contribution in [2.45, 2.75) is 26.3 Å². The van der Waals surface area contributed by atoms with E-state index in [1.54, 1.807) is 13.1 Å². The molecule has 1 N–H and O–H groups in total. The summed E-state index contributed by atoms with van der Waals surface area (Å²) in [5.74, 6) is 0.797. The Hall–Kier alpha value is -1.90. The fourth-order valence-corrected chi connectivity index (χ4v) is 3.90. The van der Waals surface area contributed by atoms with Gasteiger partial charge in [-0.05, 0) is 50.6 Å². The van der Waals surface area contributed by atoms with E-state index in [1.165, 1.54) is 0 Å². The molecule has 2 aromatic rings. The van der Waals surface area contributed by atoms with Crippen LogP contribution in [0.1, 0.15) is 19.0 Å². The number of aryl methyl sites for hydroxylation is 1. The molecular formula is C18H25N3O4S. The molecule has 3 rings (SSSR count). The number of nitrogens with one attached hydrogen (secondary N) is 1. The molecule has 142 valence electrons. The minimum absolute atomic E-state index is 0.0156. The maximum Gasteiger partial charge on any atom is 0.211 e. The number of hydrogen-bond donors (Lipinski definition) is 1. The molecule has 2 atom stereocenters. The second-order valence-electron chi connectivity index (χ2n) is 6.44. The van der Waals surface area contributed by atoms with Crippen molar-refractivity contribution < 1.29 is 17.9 Å². The van der Waals surface area contributed by atoms with E-state index in [-0.39, 0.29) is 17.7 Å². The highest BCUT2D eigenvalue weighted by Gasteiger charge is 2.29. The number of aromatic nitrogens is 2. The third-order valence-corrected chi connectivity index (χ3v) is 5.98. The number of benzene rings is 1. The summed E-state index contributed by atoms with van der Waals surface area (Å²) in [6.45, 7) is 5.08. The highest BCUT2D eigenvalue weighted by molar-refractivity contribution is 7.89. The molecule has 0 radical (unpaired) electrons. The average Bonchev–Trinajstić information content (AvgIpc) is 3.07. The van der Waals surface area contributed by atoms with Gasteiger partial charge in [0, 0.05) is 30.5 Å². The van der Waals surface area contributed by atoms with Gasteiger partial charge >= 0.3 is 0 Å². The third kappa shape index (κ3) is 4.63. The molecule has 0 bridgehead atoms. The average molecular weight is 379 g/mol. The lowest BCUT2D eigenvalue weighted by atomic mass is 9.98. The molecule has 1 aliphatic heterocycles. The summed E-state index contributed by atoms with van der Waals surface area (Å²) >= 11 is 0. The van der Waals surface area contributed by atoms with Crippen LogP contribution >= 0.6 is 0 Å². The van der Waals surface area contributed by atoms with Crippen molar-refractivity contribution in [1.82, 2.24) is 14.5 Å². The Kier molecular flexibility index (Phi) is 5.95. The molecule has 1 saturated heterocycles.